The molecule has 36 nitrogen and oxygen atoms in total. The van der Waals surface area contributed by atoms with Crippen molar-refractivity contribution in [3.05, 3.63) is 0 Å². The summed E-state index contributed by atoms with van der Waals surface area (Å²) in [6.07, 6.45) is 48.6. The molecule has 27 rings (SSSR count). The van der Waals surface area contributed by atoms with Crippen LogP contribution in [0.2, 0.25) is 0 Å². The fourth-order valence-corrected chi connectivity index (χ4v) is 37.9. The van der Waals surface area contributed by atoms with Crippen LogP contribution in [0.4, 0.5) is 0 Å². The van der Waals surface area contributed by atoms with Crippen LogP contribution >= 0.6 is 0 Å². The minimum absolute atomic E-state index is 0. The van der Waals surface area contributed by atoms with Crippen molar-refractivity contribution in [3.8, 4) is 0 Å². The normalized spacial score (nSPS) is 53.9. The van der Waals surface area contributed by atoms with Gasteiger partial charge in [-0.15, -0.1) is 0 Å². The number of carbonyl (C=O) groups excluding carboxylic acids is 6. The number of hydrogen-bond donors (Lipinski definition) is 24. The second kappa shape index (κ2) is 42.1. The molecule has 24 N–H and O–H groups in total. The predicted octanol–water partition coefficient (Wildman–Crippen LogP) is -4.33. The van der Waals surface area contributed by atoms with Crippen LogP contribution in [0.25, 0.3) is 0 Å². The summed E-state index contributed by atoms with van der Waals surface area (Å²) in [7, 11) is 0. The summed E-state index contributed by atoms with van der Waals surface area (Å²) in [6.45, 7) is 0. The summed E-state index contributed by atoms with van der Waals surface area (Å²) < 4.78 is 0. The number of nitrogens with one attached hydrogen (secondary N) is 24. The molecule has 24 bridgehead atoms. The monoisotopic (exact) mass is 2300 g/mol. The quantitative estimate of drug-likeness (QED) is 0.120. The summed E-state index contributed by atoms with van der Waals surface area (Å²) >= 11 is 0. The third-order valence-electron chi connectivity index (χ3n) is 43.8. The summed E-state index contributed by atoms with van der Waals surface area (Å²) in [5.74, 6) is -5.85. The van der Waals surface area contributed by atoms with Crippen LogP contribution in [-0.2, 0) is 69.0 Å². The van der Waals surface area contributed by atoms with E-state index in [4.69, 9.17) is 0 Å². The van der Waals surface area contributed by atoms with Crippen molar-refractivity contribution in [1.29, 1.82) is 0 Å². The van der Waals surface area contributed by atoms with Crippen molar-refractivity contribution in [3.63, 3.8) is 0 Å². The number of carbonyl (C=O) groups is 6. The molecule has 15 aliphatic heterocycles. The van der Waals surface area contributed by atoms with Gasteiger partial charge in [-0.25, -0.2) is 0 Å². The molecular weight excluding hydrogens is 2140 g/mol. The number of hydrogen-bond acceptors (Lipinski definition) is 36. The standard InChI is InChI=1S/3C34H56N8O4.2Ir/c3*43-33(44)22-14-13-21-23(24(22)34(45)46)32-41-30-20-12-6-5-11-19(20)28(39-30)37-26-16-8-2-1-7-15(16)25(35-26)36-27-17-9-3-4-10-18(17)29(38-27)40-31(21)42-32;;/h3*15-32,35-42H,1-14H2,(H,43,44)(H,45,46);;/q;;;2*+3/p-6. The molecule has 0 radical (unpaired) electrons. The molecule has 12 aliphatic carbocycles. The smallest absolute Gasteiger partial charge is 0.550 e. The van der Waals surface area contributed by atoms with E-state index in [1.807, 2.05) is 0 Å². The van der Waals surface area contributed by atoms with Crippen LogP contribution in [0.5, 0.6) is 0 Å². The van der Waals surface area contributed by atoms with Gasteiger partial charge in [-0.2, -0.15) is 0 Å². The van der Waals surface area contributed by atoms with Gasteiger partial charge in [0.2, 0.25) is 0 Å². The molecule has 54 atom stereocenters. The Morgan fingerprint density at radius 3 is 0.329 bits per heavy atom. The van der Waals surface area contributed by atoms with E-state index < -0.39 is 89.1 Å². The third-order valence-corrected chi connectivity index (χ3v) is 43.8. The van der Waals surface area contributed by atoms with Gasteiger partial charge in [0.1, 0.15) is 0 Å². The fraction of sp³-hybridized carbons (Fsp3) is 0.941. The average molecular weight is 2300 g/mol. The summed E-state index contributed by atoms with van der Waals surface area (Å²) in [6, 6.07) is 0. The zero-order valence-corrected chi connectivity index (χ0v) is 86.2. The molecule has 0 amide bonds. The maximum atomic E-state index is 12.7. The summed E-state index contributed by atoms with van der Waals surface area (Å²) in [5.41, 5.74) is 0. The first-order valence-corrected chi connectivity index (χ1v) is 56.8. The summed E-state index contributed by atoms with van der Waals surface area (Å²) in [4.78, 5) is 75.0. The molecule has 27 fully saturated rings. The van der Waals surface area contributed by atoms with Crippen molar-refractivity contribution >= 4 is 35.8 Å². The van der Waals surface area contributed by atoms with Gasteiger partial charge in [-0.1, -0.05) is 116 Å². The average Bonchev–Trinajstić information content (AvgIpc) is 1.59. The van der Waals surface area contributed by atoms with Crippen molar-refractivity contribution in [2.45, 2.75) is 418 Å². The van der Waals surface area contributed by atoms with E-state index in [2.05, 4.69) is 128 Å². The molecule has 0 aromatic rings. The molecule has 12 saturated carbocycles. The van der Waals surface area contributed by atoms with Gasteiger partial charge in [0, 0.05) is 89.1 Å². The number of rotatable bonds is 6. The zero-order chi connectivity index (χ0) is 93.3. The van der Waals surface area contributed by atoms with Crippen molar-refractivity contribution in [2.75, 3.05) is 0 Å². The maximum absolute atomic E-state index is 12.7. The SMILES string of the molecule is O=C([O-])C1CCC2C3NC4NC(NC5NC(NC6NC(NC(N3)C2C1C(=O)[O-])C1CCCCC61)C1CCCCC51)C1CCCCC41.O=C([O-])C1CCC2C3NC4NC(NC5NC(NC6NC(NC(N3)C2C1C(=O)[O-])C1CCCCC61)C1CCCCC51)C1CCCCC41.O=C([O-])C1CCC2C3NC4NC(NC5NC(NC6NC(NC(N3)C2C1C(=O)[O-])C1CCCCC61)C1CCCCC51)C1CCCCC41.[Ir+3].[Ir+3]. The van der Waals surface area contributed by atoms with Gasteiger partial charge in [0.05, 0.1) is 148 Å². The van der Waals surface area contributed by atoms with Gasteiger partial charge in [0.15, 0.2) is 0 Å². The second-order valence-electron chi connectivity index (χ2n) is 49.7. The van der Waals surface area contributed by atoms with E-state index in [1.54, 1.807) is 0 Å². The number of aliphatic carboxylic acids is 6. The van der Waals surface area contributed by atoms with Crippen molar-refractivity contribution in [2.24, 2.45) is 178 Å². The molecule has 38 heteroatoms. The largest absolute Gasteiger partial charge is 3.00 e. The molecule has 0 aromatic heterocycles. The van der Waals surface area contributed by atoms with Crippen LogP contribution in [0.3, 0.4) is 0 Å². The van der Waals surface area contributed by atoms with E-state index in [0.717, 1.165) is 19.3 Å². The van der Waals surface area contributed by atoms with E-state index in [1.165, 1.54) is 212 Å². The molecule has 15 saturated heterocycles. The first kappa shape index (κ1) is 100. The Hall–Kier alpha value is -2.84. The Morgan fingerprint density at radius 1 is 0.129 bits per heavy atom. The van der Waals surface area contributed by atoms with Gasteiger partial charge >= 0.3 is 40.2 Å². The molecule has 54 unspecified atom stereocenters. The Labute approximate surface area is 852 Å². The Bertz CT molecular complexity index is 3960. The second-order valence-corrected chi connectivity index (χ2v) is 49.7. The van der Waals surface area contributed by atoms with Crippen molar-refractivity contribution < 1.29 is 99.6 Å². The summed E-state index contributed by atoms with van der Waals surface area (Å²) in [5, 5.41) is 171. The topological polar surface area (TPSA) is 529 Å². The molecular formula is C102H162Ir2N24O12. The van der Waals surface area contributed by atoms with E-state index in [-0.39, 0.29) is 206 Å². The zero-order valence-electron chi connectivity index (χ0n) is 81.4. The Balaban J connectivity index is 0.000000116. The van der Waals surface area contributed by atoms with Crippen LogP contribution in [0.15, 0.2) is 0 Å². The minimum Gasteiger partial charge on any atom is -0.550 e. The van der Waals surface area contributed by atoms with Crippen LogP contribution in [0, 0.1) is 178 Å². The molecule has 0 spiro atoms. The molecule has 0 aromatic carbocycles. The first-order valence-electron chi connectivity index (χ1n) is 56.8. The third kappa shape index (κ3) is 18.4. The van der Waals surface area contributed by atoms with Crippen LogP contribution in [-0.4, -0.2) is 184 Å². The number of fused-ring (bicyclic) bond motifs is 60. The van der Waals surface area contributed by atoms with Gasteiger partial charge < -0.3 is 59.4 Å². The van der Waals surface area contributed by atoms with E-state index in [0.29, 0.717) is 145 Å². The van der Waals surface area contributed by atoms with Gasteiger partial charge in [-0.3, -0.25) is 128 Å². The van der Waals surface area contributed by atoms with Crippen LogP contribution in [0.1, 0.15) is 270 Å². The first-order chi connectivity index (χ1) is 67.3. The Kier molecular flexibility index (Phi) is 30.2. The van der Waals surface area contributed by atoms with Gasteiger partial charge in [0.25, 0.3) is 0 Å². The van der Waals surface area contributed by atoms with Crippen molar-refractivity contribution in [1.82, 2.24) is 128 Å². The molecule has 27 aliphatic rings. The van der Waals surface area contributed by atoms with E-state index in [9.17, 15) is 59.4 Å². The molecule has 15 heterocycles. The molecule has 780 valence electrons. The Morgan fingerprint density at radius 2 is 0.229 bits per heavy atom. The molecule has 140 heavy (non-hydrogen) atoms. The fourth-order valence-electron chi connectivity index (χ4n) is 37.9. The number of carboxylic acid groups (broad SMARTS) is 6. The maximum Gasteiger partial charge on any atom is 3.00 e. The predicted molar refractivity (Wildman–Crippen MR) is 495 cm³/mol. The van der Waals surface area contributed by atoms with Gasteiger partial charge in [-0.05, 0) is 278 Å². The van der Waals surface area contributed by atoms with Crippen LogP contribution < -0.4 is 158 Å². The van der Waals surface area contributed by atoms with E-state index >= 15 is 0 Å². The minimum atomic E-state index is -1.27. The number of carboxylic acids is 6.